The standard InChI is InChI=1S/C30H31F2N5O4S/c1-36(20-21-8-10-24(41-2)11-9-21)42(39,40)29-27(37-16-5-13-30(31,32)14-17-37)26(12-15-33-29)35-28(38)23-18-22-6-3-4-7-25(22)34-19-23/h3-4,6-12,15,18-19H,5,13-14,16-17,20H2,1-2H3,(H,33,35,38). The van der Waals surface area contributed by atoms with Gasteiger partial charge in [0.2, 0.25) is 5.92 Å². The van der Waals surface area contributed by atoms with Gasteiger partial charge in [-0.1, -0.05) is 30.3 Å². The van der Waals surface area contributed by atoms with Gasteiger partial charge < -0.3 is 15.0 Å². The first kappa shape index (κ1) is 29.3. The summed E-state index contributed by atoms with van der Waals surface area (Å²) in [7, 11) is -1.26. The van der Waals surface area contributed by atoms with E-state index >= 15 is 0 Å². The summed E-state index contributed by atoms with van der Waals surface area (Å²) in [5.41, 5.74) is 1.94. The highest BCUT2D eigenvalue weighted by Crippen LogP contribution is 2.37. The molecule has 1 fully saturated rings. The fourth-order valence-corrected chi connectivity index (χ4v) is 6.22. The van der Waals surface area contributed by atoms with Crippen molar-refractivity contribution in [2.75, 3.05) is 37.5 Å². The average Bonchev–Trinajstić information content (AvgIpc) is 3.17. The van der Waals surface area contributed by atoms with Crippen molar-refractivity contribution in [3.8, 4) is 5.75 Å². The number of amides is 1. The molecule has 0 aliphatic carbocycles. The number of benzene rings is 2. The van der Waals surface area contributed by atoms with Crippen LogP contribution in [0.4, 0.5) is 20.2 Å². The molecule has 0 atom stereocenters. The Morgan fingerprint density at radius 3 is 2.60 bits per heavy atom. The van der Waals surface area contributed by atoms with Crippen molar-refractivity contribution in [3.63, 3.8) is 0 Å². The molecule has 2 aromatic carbocycles. The van der Waals surface area contributed by atoms with Crippen LogP contribution in [0.1, 0.15) is 35.2 Å². The number of ether oxygens (including phenoxy) is 1. The normalized spacial score (nSPS) is 15.4. The van der Waals surface area contributed by atoms with Crippen molar-refractivity contribution in [2.45, 2.75) is 36.8 Å². The number of methoxy groups -OCH3 is 1. The molecule has 42 heavy (non-hydrogen) atoms. The van der Waals surface area contributed by atoms with Crippen LogP contribution in [-0.4, -0.2) is 61.8 Å². The Kier molecular flexibility index (Phi) is 8.37. The first-order chi connectivity index (χ1) is 20.1. The maximum absolute atomic E-state index is 14.3. The smallest absolute Gasteiger partial charge is 0.262 e. The van der Waals surface area contributed by atoms with Crippen LogP contribution in [0.25, 0.3) is 10.9 Å². The number of para-hydroxylation sites is 1. The topological polar surface area (TPSA) is 105 Å². The number of alkyl halides is 2. The molecule has 0 unspecified atom stereocenters. The molecular formula is C30H31F2N5O4S. The zero-order valence-corrected chi connectivity index (χ0v) is 24.1. The molecule has 220 valence electrons. The number of aromatic nitrogens is 2. The molecule has 1 aliphatic heterocycles. The lowest BCUT2D eigenvalue weighted by Crippen LogP contribution is -2.33. The van der Waals surface area contributed by atoms with E-state index in [4.69, 9.17) is 4.74 Å². The molecule has 12 heteroatoms. The number of sulfonamides is 1. The Morgan fingerprint density at radius 1 is 1.07 bits per heavy atom. The number of nitrogens with zero attached hydrogens (tertiary/aromatic N) is 4. The average molecular weight is 596 g/mol. The number of hydrogen-bond donors (Lipinski definition) is 1. The highest BCUT2D eigenvalue weighted by molar-refractivity contribution is 7.89. The van der Waals surface area contributed by atoms with E-state index in [1.165, 1.54) is 25.5 Å². The molecule has 0 saturated carbocycles. The molecule has 9 nitrogen and oxygen atoms in total. The van der Waals surface area contributed by atoms with E-state index in [0.29, 0.717) is 11.3 Å². The van der Waals surface area contributed by atoms with Crippen LogP contribution >= 0.6 is 0 Å². The van der Waals surface area contributed by atoms with Crippen molar-refractivity contribution in [1.29, 1.82) is 0 Å². The first-order valence-corrected chi connectivity index (χ1v) is 14.9. The second-order valence-electron chi connectivity index (χ2n) is 10.2. The van der Waals surface area contributed by atoms with Crippen LogP contribution in [0.3, 0.4) is 0 Å². The van der Waals surface area contributed by atoms with E-state index in [9.17, 15) is 22.0 Å². The van der Waals surface area contributed by atoms with Gasteiger partial charge in [-0.2, -0.15) is 4.31 Å². The van der Waals surface area contributed by atoms with Crippen LogP contribution in [0.5, 0.6) is 5.75 Å². The lowest BCUT2D eigenvalue weighted by Gasteiger charge is -2.28. The third kappa shape index (κ3) is 6.34. The van der Waals surface area contributed by atoms with Crippen molar-refractivity contribution < 1.29 is 26.7 Å². The summed E-state index contributed by atoms with van der Waals surface area (Å²) < 4.78 is 62.8. The molecule has 0 radical (unpaired) electrons. The molecule has 5 rings (SSSR count). The van der Waals surface area contributed by atoms with Crippen molar-refractivity contribution in [2.24, 2.45) is 0 Å². The van der Waals surface area contributed by atoms with Crippen LogP contribution in [0.15, 0.2) is 78.1 Å². The number of anilines is 2. The minimum absolute atomic E-state index is 0.0326. The molecule has 0 spiro atoms. The minimum Gasteiger partial charge on any atom is -0.497 e. The van der Waals surface area contributed by atoms with Gasteiger partial charge in [-0.05, 0) is 42.3 Å². The van der Waals surface area contributed by atoms with E-state index in [0.717, 1.165) is 15.2 Å². The van der Waals surface area contributed by atoms with E-state index in [1.807, 2.05) is 24.3 Å². The van der Waals surface area contributed by atoms with Gasteiger partial charge >= 0.3 is 0 Å². The lowest BCUT2D eigenvalue weighted by molar-refractivity contribution is -0.0102. The van der Waals surface area contributed by atoms with Gasteiger partial charge in [0.15, 0.2) is 5.03 Å². The van der Waals surface area contributed by atoms with Crippen LogP contribution in [-0.2, 0) is 16.6 Å². The van der Waals surface area contributed by atoms with Crippen molar-refractivity contribution in [1.82, 2.24) is 14.3 Å². The summed E-state index contributed by atoms with van der Waals surface area (Å²) >= 11 is 0. The minimum atomic E-state index is -4.23. The zero-order valence-electron chi connectivity index (χ0n) is 23.3. The number of nitrogens with one attached hydrogen (secondary N) is 1. The maximum Gasteiger partial charge on any atom is 0.262 e. The van der Waals surface area contributed by atoms with E-state index in [1.54, 1.807) is 42.3 Å². The Hall–Kier alpha value is -4.16. The van der Waals surface area contributed by atoms with Gasteiger partial charge in [0.1, 0.15) is 11.4 Å². The lowest BCUT2D eigenvalue weighted by atomic mass is 10.1. The number of pyridine rings is 2. The quantitative estimate of drug-likeness (QED) is 0.293. The highest BCUT2D eigenvalue weighted by Gasteiger charge is 2.36. The van der Waals surface area contributed by atoms with Gasteiger partial charge in [-0.15, -0.1) is 0 Å². The Morgan fingerprint density at radius 2 is 1.83 bits per heavy atom. The van der Waals surface area contributed by atoms with Gasteiger partial charge in [0.25, 0.3) is 15.9 Å². The predicted octanol–water partition coefficient (Wildman–Crippen LogP) is 5.34. The molecular weight excluding hydrogens is 564 g/mol. The van der Waals surface area contributed by atoms with E-state index < -0.39 is 28.3 Å². The number of carbonyl (C=O) groups excluding carboxylic acids is 1. The molecule has 0 bridgehead atoms. The molecule has 1 aliphatic rings. The SMILES string of the molecule is COc1ccc(CN(C)S(=O)(=O)c2nccc(NC(=O)c3cnc4ccccc4c3)c2N2CCCC(F)(F)CC2)cc1. The molecule has 1 N–H and O–H groups in total. The van der Waals surface area contributed by atoms with Crippen LogP contribution in [0, 0.1) is 0 Å². The van der Waals surface area contributed by atoms with Crippen molar-refractivity contribution in [3.05, 3.63) is 84.2 Å². The number of carbonyl (C=O) groups is 1. The number of fused-ring (bicyclic) bond motifs is 1. The number of rotatable bonds is 8. The number of halogens is 2. The Bertz CT molecular complexity index is 1700. The first-order valence-electron chi connectivity index (χ1n) is 13.4. The largest absolute Gasteiger partial charge is 0.497 e. The molecule has 1 saturated heterocycles. The predicted molar refractivity (Wildman–Crippen MR) is 157 cm³/mol. The second kappa shape index (κ2) is 12.0. The third-order valence-electron chi connectivity index (χ3n) is 7.24. The fourth-order valence-electron chi connectivity index (χ4n) is 4.93. The Labute approximate surface area is 243 Å². The second-order valence-corrected chi connectivity index (χ2v) is 12.1. The zero-order chi connectivity index (χ0) is 29.9. The Balaban J connectivity index is 1.52. The summed E-state index contributed by atoms with van der Waals surface area (Å²) in [5.74, 6) is -2.76. The van der Waals surface area contributed by atoms with Gasteiger partial charge in [-0.3, -0.25) is 9.78 Å². The molecule has 1 amide bonds. The van der Waals surface area contributed by atoms with Gasteiger partial charge in [-0.25, -0.2) is 22.2 Å². The number of hydrogen-bond acceptors (Lipinski definition) is 7. The van der Waals surface area contributed by atoms with Gasteiger partial charge in [0.05, 0.1) is 23.9 Å². The van der Waals surface area contributed by atoms with Crippen LogP contribution < -0.4 is 15.0 Å². The van der Waals surface area contributed by atoms with Gasteiger partial charge in [0, 0.05) is 57.3 Å². The summed E-state index contributed by atoms with van der Waals surface area (Å²) in [4.78, 5) is 23.5. The van der Waals surface area contributed by atoms with Crippen LogP contribution in [0.2, 0.25) is 0 Å². The van der Waals surface area contributed by atoms with E-state index in [-0.39, 0.29) is 54.4 Å². The maximum atomic E-state index is 14.3. The molecule has 4 aromatic rings. The molecule has 2 aromatic heterocycles. The third-order valence-corrected chi connectivity index (χ3v) is 8.98. The highest BCUT2D eigenvalue weighted by atomic mass is 32.2. The fraction of sp³-hybridized carbons (Fsp3) is 0.300. The van der Waals surface area contributed by atoms with E-state index in [2.05, 4.69) is 15.3 Å². The summed E-state index contributed by atoms with van der Waals surface area (Å²) in [5, 5.41) is 3.24. The van der Waals surface area contributed by atoms with Crippen molar-refractivity contribution >= 4 is 38.2 Å². The summed E-state index contributed by atoms with van der Waals surface area (Å²) in [6, 6.07) is 17.5. The summed E-state index contributed by atoms with van der Waals surface area (Å²) in [6.45, 7) is 0.0983. The molecule has 3 heterocycles. The summed E-state index contributed by atoms with van der Waals surface area (Å²) in [6.07, 6.45) is 2.10. The monoisotopic (exact) mass is 595 g/mol.